The number of hydrogen-bond donors (Lipinski definition) is 1. The Balaban J connectivity index is 1.93. The van der Waals surface area contributed by atoms with Crippen molar-refractivity contribution in [3.05, 3.63) is 35.9 Å². The third-order valence-corrected chi connectivity index (χ3v) is 3.08. The molecule has 2 rings (SSSR count). The van der Waals surface area contributed by atoms with Gasteiger partial charge in [0.25, 0.3) is 0 Å². The maximum atomic E-state index is 13.0. The van der Waals surface area contributed by atoms with Crippen LogP contribution in [0.2, 0.25) is 0 Å². The predicted molar refractivity (Wildman–Crippen MR) is 64.8 cm³/mol. The molecule has 0 unspecified atom stereocenters. The Hall–Kier alpha value is -1.22. The molecule has 0 aromatic heterocycles. The molecular formula is C13H17FN2. The molecule has 0 radical (unpaired) electrons. The van der Waals surface area contributed by atoms with Gasteiger partial charge >= 0.3 is 0 Å². The quantitative estimate of drug-likeness (QED) is 0.772. The number of alkyl halides is 1. The number of nitrogens with zero attached hydrogens (tertiary/aromatic N) is 1. The van der Waals surface area contributed by atoms with Gasteiger partial charge in [0.2, 0.25) is 0 Å². The van der Waals surface area contributed by atoms with Crippen LogP contribution in [0.3, 0.4) is 0 Å². The molecule has 16 heavy (non-hydrogen) atoms. The molecule has 1 N–H and O–H groups in total. The number of benzene rings is 1. The Labute approximate surface area is 95.6 Å². The number of nitrogens with one attached hydrogen (secondary N) is 1. The fourth-order valence-corrected chi connectivity index (χ4v) is 1.97. The van der Waals surface area contributed by atoms with Gasteiger partial charge in [0.15, 0.2) is 0 Å². The van der Waals surface area contributed by atoms with Gasteiger partial charge in [0, 0.05) is 24.7 Å². The summed E-state index contributed by atoms with van der Waals surface area (Å²) in [7, 11) is 0. The van der Waals surface area contributed by atoms with Crippen LogP contribution in [0.1, 0.15) is 12.0 Å². The highest BCUT2D eigenvalue weighted by molar-refractivity contribution is 5.79. The molecule has 1 heterocycles. The van der Waals surface area contributed by atoms with Crippen molar-refractivity contribution in [1.29, 1.82) is 0 Å². The Kier molecular flexibility index (Phi) is 3.67. The summed E-state index contributed by atoms with van der Waals surface area (Å²) in [5.41, 5.74) is 0.813. The minimum atomic E-state index is -0.286. The lowest BCUT2D eigenvalue weighted by atomic mass is 9.89. The van der Waals surface area contributed by atoms with E-state index in [1.54, 1.807) is 0 Å². The summed E-state index contributed by atoms with van der Waals surface area (Å²) in [5.74, 6) is 0. The van der Waals surface area contributed by atoms with Crippen LogP contribution in [-0.2, 0) is 0 Å². The second kappa shape index (κ2) is 5.21. The van der Waals surface area contributed by atoms with Gasteiger partial charge in [-0.1, -0.05) is 30.3 Å². The maximum absolute atomic E-state index is 13.0. The van der Waals surface area contributed by atoms with E-state index in [4.69, 9.17) is 0 Å². The molecule has 1 atom stereocenters. The molecule has 1 fully saturated rings. The first-order valence-corrected chi connectivity index (χ1v) is 5.66. The lowest BCUT2D eigenvalue weighted by Crippen LogP contribution is -2.29. The Morgan fingerprint density at radius 1 is 1.38 bits per heavy atom. The van der Waals surface area contributed by atoms with Gasteiger partial charge in [-0.2, -0.15) is 0 Å². The third kappa shape index (κ3) is 2.67. The Bertz CT molecular complexity index is 342. The molecule has 1 saturated heterocycles. The number of rotatable bonds is 4. The molecule has 1 aliphatic rings. The van der Waals surface area contributed by atoms with E-state index in [9.17, 15) is 4.39 Å². The second-order valence-corrected chi connectivity index (χ2v) is 4.44. The first-order chi connectivity index (χ1) is 7.85. The van der Waals surface area contributed by atoms with Crippen molar-refractivity contribution >= 4 is 6.21 Å². The molecule has 0 bridgehead atoms. The summed E-state index contributed by atoms with van der Waals surface area (Å²) >= 11 is 0. The van der Waals surface area contributed by atoms with Gasteiger partial charge < -0.3 is 5.32 Å². The van der Waals surface area contributed by atoms with Crippen molar-refractivity contribution in [2.45, 2.75) is 6.42 Å². The lowest BCUT2D eigenvalue weighted by molar-refractivity contribution is 0.241. The van der Waals surface area contributed by atoms with Crippen molar-refractivity contribution in [3.8, 4) is 0 Å². The number of aliphatic imine (C=N–C) groups is 1. The molecule has 0 spiro atoms. The van der Waals surface area contributed by atoms with Gasteiger partial charge in [-0.15, -0.1) is 0 Å². The lowest BCUT2D eigenvalue weighted by Gasteiger charge is -2.21. The summed E-state index contributed by atoms with van der Waals surface area (Å²) in [6, 6.07) is 9.92. The van der Waals surface area contributed by atoms with Gasteiger partial charge in [-0.3, -0.25) is 9.38 Å². The molecule has 2 nitrogen and oxygen atoms in total. The van der Waals surface area contributed by atoms with Crippen molar-refractivity contribution < 1.29 is 4.39 Å². The van der Waals surface area contributed by atoms with E-state index in [0.29, 0.717) is 6.54 Å². The SMILES string of the molecule is FC[C@]1(CN=Cc2ccccc2)CCNC1. The molecule has 1 aromatic rings. The Morgan fingerprint density at radius 2 is 2.19 bits per heavy atom. The molecule has 1 aliphatic heterocycles. The summed E-state index contributed by atoms with van der Waals surface area (Å²) in [6.07, 6.45) is 2.71. The van der Waals surface area contributed by atoms with Crippen LogP contribution in [0.5, 0.6) is 0 Å². The monoisotopic (exact) mass is 220 g/mol. The molecule has 1 aromatic carbocycles. The first-order valence-electron chi connectivity index (χ1n) is 5.66. The van der Waals surface area contributed by atoms with E-state index in [1.807, 2.05) is 36.5 Å². The van der Waals surface area contributed by atoms with Crippen molar-refractivity contribution in [3.63, 3.8) is 0 Å². The fraction of sp³-hybridized carbons (Fsp3) is 0.462. The van der Waals surface area contributed by atoms with E-state index >= 15 is 0 Å². The summed E-state index contributed by atoms with van der Waals surface area (Å²) in [5, 5.41) is 3.20. The highest BCUT2D eigenvalue weighted by atomic mass is 19.1. The Morgan fingerprint density at radius 3 is 2.81 bits per heavy atom. The molecule has 0 amide bonds. The molecule has 0 saturated carbocycles. The van der Waals surface area contributed by atoms with Gasteiger partial charge in [0.05, 0.1) is 6.67 Å². The van der Waals surface area contributed by atoms with Gasteiger partial charge in [-0.05, 0) is 18.5 Å². The van der Waals surface area contributed by atoms with E-state index in [1.165, 1.54) is 0 Å². The van der Waals surface area contributed by atoms with Crippen LogP contribution in [0.15, 0.2) is 35.3 Å². The van der Waals surface area contributed by atoms with E-state index in [-0.39, 0.29) is 12.1 Å². The van der Waals surface area contributed by atoms with Gasteiger partial charge in [0.1, 0.15) is 0 Å². The van der Waals surface area contributed by atoms with Crippen LogP contribution < -0.4 is 5.32 Å². The average Bonchev–Trinajstić information content (AvgIpc) is 2.80. The van der Waals surface area contributed by atoms with Crippen molar-refractivity contribution in [1.82, 2.24) is 5.32 Å². The predicted octanol–water partition coefficient (Wildman–Crippen LogP) is 2.05. The van der Waals surface area contributed by atoms with Crippen LogP contribution in [-0.4, -0.2) is 32.5 Å². The van der Waals surface area contributed by atoms with Crippen molar-refractivity contribution in [2.75, 3.05) is 26.3 Å². The third-order valence-electron chi connectivity index (χ3n) is 3.08. The summed E-state index contributed by atoms with van der Waals surface area (Å²) in [6.45, 7) is 1.94. The minimum Gasteiger partial charge on any atom is -0.316 e. The smallest absolute Gasteiger partial charge is 0.0981 e. The normalized spacial score (nSPS) is 25.3. The van der Waals surface area contributed by atoms with Crippen molar-refractivity contribution in [2.24, 2.45) is 10.4 Å². The standard InChI is InChI=1S/C13H17FN2/c14-9-13(6-7-15-10-13)11-16-8-12-4-2-1-3-5-12/h1-5,8,15H,6-7,9-11H2/t13-/m1/s1. The average molecular weight is 220 g/mol. The minimum absolute atomic E-state index is 0.259. The zero-order valence-electron chi connectivity index (χ0n) is 9.32. The van der Waals surface area contributed by atoms with Crippen LogP contribution in [0.25, 0.3) is 0 Å². The number of halogens is 1. The molecule has 3 heteroatoms. The van der Waals surface area contributed by atoms with Crippen LogP contribution >= 0.6 is 0 Å². The fourth-order valence-electron chi connectivity index (χ4n) is 1.97. The van der Waals surface area contributed by atoms with Crippen LogP contribution in [0, 0.1) is 5.41 Å². The summed E-state index contributed by atoms with van der Waals surface area (Å²) in [4.78, 5) is 4.36. The van der Waals surface area contributed by atoms with Crippen LogP contribution in [0.4, 0.5) is 4.39 Å². The maximum Gasteiger partial charge on any atom is 0.0981 e. The summed E-state index contributed by atoms with van der Waals surface area (Å²) < 4.78 is 13.0. The molecule has 0 aliphatic carbocycles. The topological polar surface area (TPSA) is 24.4 Å². The largest absolute Gasteiger partial charge is 0.316 e. The van der Waals surface area contributed by atoms with E-state index in [0.717, 1.165) is 25.1 Å². The molecule has 86 valence electrons. The second-order valence-electron chi connectivity index (χ2n) is 4.44. The zero-order chi connectivity index (χ0) is 11.3. The number of hydrogen-bond acceptors (Lipinski definition) is 2. The van der Waals surface area contributed by atoms with E-state index < -0.39 is 0 Å². The zero-order valence-corrected chi connectivity index (χ0v) is 9.32. The van der Waals surface area contributed by atoms with E-state index in [2.05, 4.69) is 10.3 Å². The highest BCUT2D eigenvalue weighted by Gasteiger charge is 2.33. The van der Waals surface area contributed by atoms with Gasteiger partial charge in [-0.25, -0.2) is 0 Å². The highest BCUT2D eigenvalue weighted by Crippen LogP contribution is 2.26. The molecular weight excluding hydrogens is 203 g/mol. The first kappa shape index (κ1) is 11.3.